The Morgan fingerprint density at radius 2 is 1.82 bits per heavy atom. The van der Waals surface area contributed by atoms with E-state index in [1.54, 1.807) is 58.9 Å². The zero-order valence-corrected chi connectivity index (χ0v) is 22.2. The van der Waals surface area contributed by atoms with Crippen LogP contribution in [0.1, 0.15) is 63.9 Å². The van der Waals surface area contributed by atoms with Gasteiger partial charge < -0.3 is 20.1 Å². The first-order chi connectivity index (χ1) is 18.0. The number of esters is 1. The SMILES string of the molecule is CCOC(=O)n1nc(NC(=O)c2ccccc2NC(=O)c2cc(C)[nH]n2)c2cc(C(=O)OC(C)(C)C)sc21. The van der Waals surface area contributed by atoms with E-state index in [1.807, 2.05) is 0 Å². The summed E-state index contributed by atoms with van der Waals surface area (Å²) in [4.78, 5) is 51.6. The smallest absolute Gasteiger partial charge is 0.436 e. The Morgan fingerprint density at radius 3 is 2.47 bits per heavy atom. The van der Waals surface area contributed by atoms with Crippen LogP contribution in [0.15, 0.2) is 36.4 Å². The number of nitrogens with one attached hydrogen (secondary N) is 3. The lowest BCUT2D eigenvalue weighted by molar-refractivity contribution is 0.00750. The van der Waals surface area contributed by atoms with Crippen molar-refractivity contribution in [3.8, 4) is 0 Å². The van der Waals surface area contributed by atoms with Crippen molar-refractivity contribution in [2.45, 2.75) is 40.2 Å². The quantitative estimate of drug-likeness (QED) is 0.301. The van der Waals surface area contributed by atoms with Gasteiger partial charge >= 0.3 is 12.1 Å². The Kier molecular flexibility index (Phi) is 7.30. The fraction of sp³-hybridized carbons (Fsp3) is 0.280. The molecule has 1 aromatic carbocycles. The third-order valence-corrected chi connectivity index (χ3v) is 6.08. The van der Waals surface area contributed by atoms with Gasteiger partial charge in [-0.1, -0.05) is 12.1 Å². The van der Waals surface area contributed by atoms with Crippen LogP contribution in [0.2, 0.25) is 0 Å². The molecule has 38 heavy (non-hydrogen) atoms. The van der Waals surface area contributed by atoms with Crippen LogP contribution in [-0.2, 0) is 9.47 Å². The summed E-state index contributed by atoms with van der Waals surface area (Å²) in [5.41, 5.74) is 0.552. The van der Waals surface area contributed by atoms with E-state index in [-0.39, 0.29) is 34.2 Å². The number of aromatic amines is 1. The molecule has 0 unspecified atom stereocenters. The summed E-state index contributed by atoms with van der Waals surface area (Å²) in [6.45, 7) is 8.75. The Labute approximate surface area is 221 Å². The first-order valence-electron chi connectivity index (χ1n) is 11.6. The van der Waals surface area contributed by atoms with E-state index in [9.17, 15) is 19.2 Å². The fourth-order valence-electron chi connectivity index (χ4n) is 3.42. The molecule has 0 bridgehead atoms. The van der Waals surface area contributed by atoms with E-state index in [1.165, 1.54) is 12.1 Å². The number of rotatable bonds is 6. The molecular formula is C25H26N6O6S. The van der Waals surface area contributed by atoms with Gasteiger partial charge in [0.05, 0.1) is 23.2 Å². The molecular weight excluding hydrogens is 512 g/mol. The van der Waals surface area contributed by atoms with Crippen LogP contribution in [0.3, 0.4) is 0 Å². The lowest BCUT2D eigenvalue weighted by Crippen LogP contribution is -2.23. The first kappa shape index (κ1) is 26.5. The van der Waals surface area contributed by atoms with Gasteiger partial charge in [0.1, 0.15) is 15.3 Å². The lowest BCUT2D eigenvalue weighted by atomic mass is 10.1. The number of hydrogen-bond acceptors (Lipinski definition) is 9. The highest BCUT2D eigenvalue weighted by Crippen LogP contribution is 2.33. The number of ether oxygens (including phenoxy) is 2. The number of hydrogen-bond donors (Lipinski definition) is 3. The van der Waals surface area contributed by atoms with Gasteiger partial charge in [0.15, 0.2) is 11.5 Å². The second-order valence-corrected chi connectivity index (χ2v) is 10.2. The van der Waals surface area contributed by atoms with E-state index in [4.69, 9.17) is 9.47 Å². The van der Waals surface area contributed by atoms with Gasteiger partial charge in [0, 0.05) is 5.69 Å². The van der Waals surface area contributed by atoms with E-state index < -0.39 is 29.5 Å². The molecule has 4 aromatic rings. The number of benzene rings is 1. The average Bonchev–Trinajstić information content (AvgIpc) is 3.54. The molecule has 0 radical (unpaired) electrons. The number of aryl methyl sites for hydroxylation is 1. The Morgan fingerprint density at radius 1 is 1.08 bits per heavy atom. The largest absolute Gasteiger partial charge is 0.456 e. The maximum Gasteiger partial charge on any atom is 0.436 e. The van der Waals surface area contributed by atoms with Gasteiger partial charge in [-0.25, -0.2) is 9.59 Å². The number of H-pyrrole nitrogens is 1. The second kappa shape index (κ2) is 10.5. The topological polar surface area (TPSA) is 157 Å². The molecule has 2 amide bonds. The van der Waals surface area contributed by atoms with E-state index in [0.717, 1.165) is 16.0 Å². The maximum atomic E-state index is 13.3. The molecule has 0 aliphatic carbocycles. The summed E-state index contributed by atoms with van der Waals surface area (Å²) in [6.07, 6.45) is -0.766. The minimum atomic E-state index is -0.766. The first-order valence-corrected chi connectivity index (χ1v) is 12.4. The predicted molar refractivity (Wildman–Crippen MR) is 141 cm³/mol. The molecule has 0 fully saturated rings. The van der Waals surface area contributed by atoms with Crippen LogP contribution in [0, 0.1) is 6.92 Å². The van der Waals surface area contributed by atoms with Gasteiger partial charge in [-0.15, -0.1) is 16.4 Å². The van der Waals surface area contributed by atoms with E-state index in [0.29, 0.717) is 15.9 Å². The molecule has 13 heteroatoms. The number of amides is 2. The van der Waals surface area contributed by atoms with Gasteiger partial charge in [-0.3, -0.25) is 14.7 Å². The van der Waals surface area contributed by atoms with Crippen LogP contribution in [0.25, 0.3) is 10.2 Å². The van der Waals surface area contributed by atoms with Crippen molar-refractivity contribution in [1.82, 2.24) is 20.0 Å². The third-order valence-electron chi connectivity index (χ3n) is 4.99. The van der Waals surface area contributed by atoms with Gasteiger partial charge in [0.2, 0.25) is 0 Å². The zero-order chi connectivity index (χ0) is 27.6. The fourth-order valence-corrected chi connectivity index (χ4v) is 4.40. The maximum absolute atomic E-state index is 13.3. The number of thiophene rings is 1. The molecule has 4 rings (SSSR count). The van der Waals surface area contributed by atoms with Crippen molar-refractivity contribution in [1.29, 1.82) is 0 Å². The lowest BCUT2D eigenvalue weighted by Gasteiger charge is -2.18. The molecule has 0 saturated carbocycles. The predicted octanol–water partition coefficient (Wildman–Crippen LogP) is 4.59. The van der Waals surface area contributed by atoms with Gasteiger partial charge in [0.25, 0.3) is 11.8 Å². The normalized spacial score (nSPS) is 11.3. The molecule has 0 aliphatic rings. The molecule has 3 aromatic heterocycles. The molecule has 0 atom stereocenters. The number of fused-ring (bicyclic) bond motifs is 1. The Balaban J connectivity index is 1.66. The number of anilines is 2. The highest BCUT2D eigenvalue weighted by molar-refractivity contribution is 7.20. The summed E-state index contributed by atoms with van der Waals surface area (Å²) in [5.74, 6) is -1.64. The summed E-state index contributed by atoms with van der Waals surface area (Å²) in [5, 5.41) is 16.6. The summed E-state index contributed by atoms with van der Waals surface area (Å²) in [6, 6.07) is 9.49. The van der Waals surface area contributed by atoms with Crippen molar-refractivity contribution in [2.24, 2.45) is 0 Å². The van der Waals surface area contributed by atoms with Crippen molar-refractivity contribution in [3.05, 3.63) is 58.2 Å². The minimum absolute atomic E-state index is 0.0353. The number of nitrogens with zero attached hydrogens (tertiary/aromatic N) is 3. The second-order valence-electron chi connectivity index (χ2n) is 9.18. The minimum Gasteiger partial charge on any atom is -0.456 e. The summed E-state index contributed by atoms with van der Waals surface area (Å²) in [7, 11) is 0. The van der Waals surface area contributed by atoms with Crippen LogP contribution in [0.5, 0.6) is 0 Å². The van der Waals surface area contributed by atoms with E-state index in [2.05, 4.69) is 25.9 Å². The number of carbonyl (C=O) groups excluding carboxylic acids is 4. The van der Waals surface area contributed by atoms with Crippen molar-refractivity contribution in [2.75, 3.05) is 17.2 Å². The van der Waals surface area contributed by atoms with E-state index >= 15 is 0 Å². The van der Waals surface area contributed by atoms with Crippen molar-refractivity contribution >= 4 is 56.9 Å². The van der Waals surface area contributed by atoms with Crippen molar-refractivity contribution < 1.29 is 28.7 Å². The number of para-hydroxylation sites is 1. The van der Waals surface area contributed by atoms with Crippen molar-refractivity contribution in [3.63, 3.8) is 0 Å². The Bertz CT molecular complexity index is 1540. The average molecular weight is 539 g/mol. The molecule has 3 N–H and O–H groups in total. The molecule has 12 nitrogen and oxygen atoms in total. The van der Waals surface area contributed by atoms with Crippen LogP contribution >= 0.6 is 11.3 Å². The molecule has 198 valence electrons. The van der Waals surface area contributed by atoms with Crippen LogP contribution < -0.4 is 10.6 Å². The standard InChI is InChI=1S/C25H26N6O6S/c1-6-36-24(35)31-22-15(12-18(38-22)23(34)37-25(3,4)5)19(30-31)27-20(32)14-9-7-8-10-16(14)26-21(33)17-11-13(2)28-29-17/h7-12H,6H2,1-5H3,(H,26,33)(H,28,29)(H,27,30,32). The zero-order valence-electron chi connectivity index (χ0n) is 21.4. The molecule has 0 saturated heterocycles. The molecule has 0 spiro atoms. The Hall–Kier alpha value is -4.52. The monoisotopic (exact) mass is 538 g/mol. The summed E-state index contributed by atoms with van der Waals surface area (Å²) >= 11 is 0.989. The number of carbonyl (C=O) groups is 4. The highest BCUT2D eigenvalue weighted by atomic mass is 32.1. The van der Waals surface area contributed by atoms with Gasteiger partial charge in [-0.05, 0) is 58.9 Å². The van der Waals surface area contributed by atoms with Crippen LogP contribution in [0.4, 0.5) is 16.3 Å². The highest BCUT2D eigenvalue weighted by Gasteiger charge is 2.26. The molecule has 0 aliphatic heterocycles. The number of aromatic nitrogens is 4. The summed E-state index contributed by atoms with van der Waals surface area (Å²) < 4.78 is 11.5. The van der Waals surface area contributed by atoms with Crippen LogP contribution in [-0.4, -0.2) is 56.1 Å². The molecule has 3 heterocycles. The van der Waals surface area contributed by atoms with Gasteiger partial charge in [-0.2, -0.15) is 9.78 Å². The third kappa shape index (κ3) is 5.72.